The van der Waals surface area contributed by atoms with Gasteiger partial charge < -0.3 is 10.1 Å². The Labute approximate surface area is 158 Å². The van der Waals surface area contributed by atoms with Crippen molar-refractivity contribution < 1.29 is 5.21 Å². The average molecular weight is 355 g/mol. The summed E-state index contributed by atoms with van der Waals surface area (Å²) >= 11 is 0. The lowest BCUT2D eigenvalue weighted by molar-refractivity contribution is 0.199. The molecule has 0 aliphatic heterocycles. The first-order chi connectivity index (χ1) is 12.2. The third-order valence-corrected chi connectivity index (χ3v) is 2.60. The van der Waals surface area contributed by atoms with Crippen LogP contribution in [0.2, 0.25) is 0 Å². The van der Waals surface area contributed by atoms with Gasteiger partial charge >= 0.3 is 0 Å². The maximum atomic E-state index is 9.66. The van der Waals surface area contributed by atoms with E-state index in [2.05, 4.69) is 19.0 Å². The van der Waals surface area contributed by atoms with Crippen LogP contribution in [0, 0.1) is 0 Å². The fourth-order valence-electron chi connectivity index (χ4n) is 1.77. The van der Waals surface area contributed by atoms with Gasteiger partial charge in [0.05, 0.1) is 5.52 Å². The van der Waals surface area contributed by atoms with Gasteiger partial charge in [0.15, 0.2) is 0 Å². The van der Waals surface area contributed by atoms with E-state index in [1.54, 1.807) is 6.20 Å². The van der Waals surface area contributed by atoms with Crippen LogP contribution in [-0.4, -0.2) is 35.5 Å². The molecule has 1 aromatic carbocycles. The van der Waals surface area contributed by atoms with Crippen LogP contribution < -0.4 is 0 Å². The summed E-state index contributed by atoms with van der Waals surface area (Å²) in [4.78, 5) is 2.14. The number of para-hydroxylation sites is 1. The van der Waals surface area contributed by atoms with E-state index in [-0.39, 0.29) is 0 Å². The third kappa shape index (κ3) is 13.5. The second-order valence-corrected chi connectivity index (χ2v) is 4.07. The molecule has 0 saturated heterocycles. The molecule has 2 rings (SSSR count). The molecule has 1 aromatic heterocycles. The van der Waals surface area contributed by atoms with Gasteiger partial charge in [0.25, 0.3) is 0 Å². The molecule has 150 valence electrons. The van der Waals surface area contributed by atoms with E-state index in [1.165, 1.54) is 10.3 Å². The highest BCUT2D eigenvalue weighted by Crippen LogP contribution is 2.20. The van der Waals surface area contributed by atoms with Crippen molar-refractivity contribution in [3.63, 3.8) is 0 Å². The minimum absolute atomic E-state index is 0.881. The van der Waals surface area contributed by atoms with Crippen LogP contribution in [0.1, 0.15) is 74.8 Å². The van der Waals surface area contributed by atoms with Crippen molar-refractivity contribution in [3.8, 4) is 0 Å². The number of hydrogen-bond acceptors (Lipinski definition) is 2. The van der Waals surface area contributed by atoms with Crippen LogP contribution in [0.25, 0.3) is 10.9 Å². The molecule has 0 fully saturated rings. The Kier molecular flexibility index (Phi) is 31.0. The number of fused-ring (bicyclic) bond motifs is 1. The molecule has 1 heterocycles. The first kappa shape index (κ1) is 31.3. The van der Waals surface area contributed by atoms with Crippen molar-refractivity contribution in [2.45, 2.75) is 75.7 Å². The van der Waals surface area contributed by atoms with Gasteiger partial charge in [-0.1, -0.05) is 87.4 Å². The number of aromatic nitrogens is 1. The summed E-state index contributed by atoms with van der Waals surface area (Å²) < 4.78 is 1.21. The van der Waals surface area contributed by atoms with E-state index in [9.17, 15) is 5.21 Å². The largest absolute Gasteiger partial charge is 0.428 e. The van der Waals surface area contributed by atoms with Crippen LogP contribution in [0.3, 0.4) is 0 Å². The van der Waals surface area contributed by atoms with Crippen molar-refractivity contribution in [3.05, 3.63) is 36.0 Å². The summed E-state index contributed by atoms with van der Waals surface area (Å²) in [7, 11) is 4.11. The Morgan fingerprint density at radius 3 is 1.68 bits per heavy atom. The van der Waals surface area contributed by atoms with E-state index >= 15 is 0 Å². The Morgan fingerprint density at radius 1 is 0.800 bits per heavy atom. The quantitative estimate of drug-likeness (QED) is 0.595. The van der Waals surface area contributed by atoms with Crippen molar-refractivity contribution in [1.29, 1.82) is 0 Å². The molecule has 3 heteroatoms. The second kappa shape index (κ2) is 24.8. The van der Waals surface area contributed by atoms with Crippen LogP contribution in [0.15, 0.2) is 30.5 Å². The molecule has 0 aliphatic rings. The normalized spacial score (nSPS) is 8.04. The highest BCUT2D eigenvalue weighted by atomic mass is 16.5. The monoisotopic (exact) mass is 354 g/mol. The SMILES string of the molecule is CC.CC.CC.CC.CC.CN(C)CCc1cn(O)c2ccccc12. The van der Waals surface area contributed by atoms with Gasteiger partial charge in [0.2, 0.25) is 0 Å². The molecule has 0 radical (unpaired) electrons. The highest BCUT2D eigenvalue weighted by Gasteiger charge is 2.06. The van der Waals surface area contributed by atoms with Crippen molar-refractivity contribution in [2.75, 3.05) is 20.6 Å². The zero-order valence-corrected chi connectivity index (χ0v) is 19.1. The van der Waals surface area contributed by atoms with Gasteiger partial charge in [-0.15, -0.1) is 0 Å². The Bertz CT molecular complexity index is 462. The molecular weight excluding hydrogens is 308 g/mol. The molecule has 0 atom stereocenters. The summed E-state index contributed by atoms with van der Waals surface area (Å²) in [6.07, 6.45) is 2.76. The summed E-state index contributed by atoms with van der Waals surface area (Å²) in [5, 5.41) is 10.8. The van der Waals surface area contributed by atoms with Gasteiger partial charge in [-0.05, 0) is 32.1 Å². The smallest absolute Gasteiger partial charge is 0.0868 e. The van der Waals surface area contributed by atoms with Crippen LogP contribution in [-0.2, 0) is 6.42 Å². The topological polar surface area (TPSA) is 28.4 Å². The standard InChI is InChI=1S/C12H16N2O.5C2H6/c1-13(2)8-7-10-9-14(15)12-6-4-3-5-11(10)12;5*1-2/h3-6,9,15H,7-8H2,1-2H3;5*1-2H3. The average Bonchev–Trinajstić information content (AvgIpc) is 3.04. The van der Waals surface area contributed by atoms with Gasteiger partial charge in [0.1, 0.15) is 0 Å². The van der Waals surface area contributed by atoms with Gasteiger partial charge in [-0.2, -0.15) is 4.73 Å². The van der Waals surface area contributed by atoms with Crippen molar-refractivity contribution in [1.82, 2.24) is 9.63 Å². The first-order valence-electron chi connectivity index (χ1n) is 10.1. The number of nitrogens with zero attached hydrogens (tertiary/aromatic N) is 2. The molecule has 0 saturated carbocycles. The van der Waals surface area contributed by atoms with E-state index in [0.29, 0.717) is 0 Å². The van der Waals surface area contributed by atoms with Crippen molar-refractivity contribution in [2.24, 2.45) is 0 Å². The summed E-state index contributed by atoms with van der Waals surface area (Å²) in [6, 6.07) is 7.91. The van der Waals surface area contributed by atoms with Gasteiger partial charge in [0, 0.05) is 18.1 Å². The molecule has 1 N–H and O–H groups in total. The zero-order valence-electron chi connectivity index (χ0n) is 19.1. The minimum Gasteiger partial charge on any atom is -0.428 e. The zero-order chi connectivity index (χ0) is 20.8. The molecule has 0 bridgehead atoms. The molecule has 0 amide bonds. The van der Waals surface area contributed by atoms with Crippen LogP contribution in [0.4, 0.5) is 0 Å². The fourth-order valence-corrected chi connectivity index (χ4v) is 1.77. The molecule has 0 unspecified atom stereocenters. The van der Waals surface area contributed by atoms with Crippen molar-refractivity contribution >= 4 is 10.9 Å². The molecule has 25 heavy (non-hydrogen) atoms. The third-order valence-electron chi connectivity index (χ3n) is 2.60. The lowest BCUT2D eigenvalue weighted by Gasteiger charge is -2.07. The highest BCUT2D eigenvalue weighted by molar-refractivity contribution is 5.83. The van der Waals surface area contributed by atoms with E-state index < -0.39 is 0 Å². The number of benzene rings is 1. The fraction of sp³-hybridized carbons (Fsp3) is 0.636. The maximum Gasteiger partial charge on any atom is 0.0868 e. The Balaban J connectivity index is -0.000000191. The molecule has 3 nitrogen and oxygen atoms in total. The molecule has 0 aliphatic carbocycles. The molecule has 0 spiro atoms. The lowest BCUT2D eigenvalue weighted by atomic mass is 10.1. The number of rotatable bonds is 3. The maximum absolute atomic E-state index is 9.66. The molecular formula is C22H46N2O. The predicted molar refractivity (Wildman–Crippen MR) is 118 cm³/mol. The number of likely N-dealkylation sites (N-methyl/N-ethyl adjacent to an activating group) is 1. The van der Waals surface area contributed by atoms with Crippen LogP contribution >= 0.6 is 0 Å². The Hall–Kier alpha value is -1.48. The summed E-state index contributed by atoms with van der Waals surface area (Å²) in [6.45, 7) is 21.0. The van der Waals surface area contributed by atoms with E-state index in [0.717, 1.165) is 23.9 Å². The van der Waals surface area contributed by atoms with Crippen LogP contribution in [0.5, 0.6) is 0 Å². The van der Waals surface area contributed by atoms with E-state index in [4.69, 9.17) is 0 Å². The van der Waals surface area contributed by atoms with Gasteiger partial charge in [-0.25, -0.2) is 0 Å². The molecule has 2 aromatic rings. The van der Waals surface area contributed by atoms with Gasteiger partial charge in [-0.3, -0.25) is 0 Å². The number of hydrogen-bond donors (Lipinski definition) is 1. The first-order valence-corrected chi connectivity index (χ1v) is 10.1. The summed E-state index contributed by atoms with van der Waals surface area (Å²) in [5.74, 6) is 0. The predicted octanol–water partition coefficient (Wildman–Crippen LogP) is 7.11. The Morgan fingerprint density at radius 2 is 1.24 bits per heavy atom. The minimum atomic E-state index is 0.881. The second-order valence-electron chi connectivity index (χ2n) is 4.07. The summed E-state index contributed by atoms with van der Waals surface area (Å²) in [5.41, 5.74) is 2.08. The van der Waals surface area contributed by atoms with E-state index in [1.807, 2.05) is 93.5 Å². The lowest BCUT2D eigenvalue weighted by Crippen LogP contribution is -2.14.